The smallest absolute Gasteiger partial charge is 0.198 e. The van der Waals surface area contributed by atoms with Crippen LogP contribution in [0.15, 0.2) is 36.5 Å². The van der Waals surface area contributed by atoms with E-state index in [1.54, 1.807) is 11.6 Å². The average molecular weight is 284 g/mol. The molecule has 21 heavy (non-hydrogen) atoms. The summed E-state index contributed by atoms with van der Waals surface area (Å²) in [5.74, 6) is 1.94. The number of nitrogen functional groups attached to an aromatic ring is 1. The molecule has 2 aromatic heterocycles. The van der Waals surface area contributed by atoms with E-state index in [9.17, 15) is 0 Å². The van der Waals surface area contributed by atoms with Gasteiger partial charge in [0, 0.05) is 11.8 Å². The van der Waals surface area contributed by atoms with Gasteiger partial charge in [0.1, 0.15) is 5.75 Å². The quantitative estimate of drug-likeness (QED) is 0.744. The molecule has 0 amide bonds. The second-order valence-corrected chi connectivity index (χ2v) is 4.47. The van der Waals surface area contributed by atoms with Gasteiger partial charge < -0.3 is 15.2 Å². The lowest BCUT2D eigenvalue weighted by molar-refractivity contribution is 0.342. The molecule has 0 atom stereocenters. The Morgan fingerprint density at radius 2 is 2.10 bits per heavy atom. The molecule has 0 bridgehead atoms. The molecule has 3 aromatic rings. The molecule has 0 unspecified atom stereocenters. The predicted molar refractivity (Wildman–Crippen MR) is 80.6 cm³/mol. The van der Waals surface area contributed by atoms with Crippen molar-refractivity contribution in [2.75, 3.05) is 19.5 Å². The Hall–Kier alpha value is -2.76. The third-order valence-corrected chi connectivity index (χ3v) is 3.11. The van der Waals surface area contributed by atoms with E-state index in [2.05, 4.69) is 10.1 Å². The standard InChI is InChI=1S/C15H16N4O2/c1-3-21-12-7-6-10(9-11(12)16)14-17-15-13(20-2)5-4-8-19(15)18-14/h4-9H,3,16H2,1-2H3. The van der Waals surface area contributed by atoms with Crippen molar-refractivity contribution >= 4 is 11.3 Å². The van der Waals surface area contributed by atoms with Crippen LogP contribution in [0.25, 0.3) is 17.0 Å². The molecule has 108 valence electrons. The van der Waals surface area contributed by atoms with Crippen LogP contribution in [0.3, 0.4) is 0 Å². The fourth-order valence-corrected chi connectivity index (χ4v) is 2.14. The minimum atomic E-state index is 0.570. The summed E-state index contributed by atoms with van der Waals surface area (Å²) in [5.41, 5.74) is 8.06. The van der Waals surface area contributed by atoms with Gasteiger partial charge in [-0.05, 0) is 37.3 Å². The number of hydrogen-bond donors (Lipinski definition) is 1. The highest BCUT2D eigenvalue weighted by Crippen LogP contribution is 2.28. The lowest BCUT2D eigenvalue weighted by atomic mass is 10.2. The highest BCUT2D eigenvalue weighted by molar-refractivity contribution is 5.68. The van der Waals surface area contributed by atoms with Gasteiger partial charge in [-0.2, -0.15) is 0 Å². The van der Waals surface area contributed by atoms with Crippen LogP contribution in [0, 0.1) is 0 Å². The Bertz CT molecular complexity index is 782. The number of nitrogens with zero attached hydrogens (tertiary/aromatic N) is 3. The fraction of sp³-hybridized carbons (Fsp3) is 0.200. The molecule has 0 saturated heterocycles. The van der Waals surface area contributed by atoms with Gasteiger partial charge in [0.15, 0.2) is 17.2 Å². The van der Waals surface area contributed by atoms with Crippen molar-refractivity contribution in [3.05, 3.63) is 36.5 Å². The maximum Gasteiger partial charge on any atom is 0.198 e. The van der Waals surface area contributed by atoms with Crippen LogP contribution in [0.2, 0.25) is 0 Å². The van der Waals surface area contributed by atoms with Crippen LogP contribution >= 0.6 is 0 Å². The van der Waals surface area contributed by atoms with E-state index in [0.29, 0.717) is 35.3 Å². The Kier molecular flexibility index (Phi) is 3.35. The zero-order chi connectivity index (χ0) is 14.8. The molecule has 0 radical (unpaired) electrons. The molecule has 3 rings (SSSR count). The van der Waals surface area contributed by atoms with Gasteiger partial charge in [-0.3, -0.25) is 0 Å². The zero-order valence-electron chi connectivity index (χ0n) is 11.9. The number of benzene rings is 1. The summed E-state index contributed by atoms with van der Waals surface area (Å²) in [4.78, 5) is 4.50. The molecule has 0 aliphatic rings. The summed E-state index contributed by atoms with van der Waals surface area (Å²) in [7, 11) is 1.61. The number of anilines is 1. The van der Waals surface area contributed by atoms with Crippen molar-refractivity contribution in [1.82, 2.24) is 14.6 Å². The number of ether oxygens (including phenoxy) is 2. The van der Waals surface area contributed by atoms with Gasteiger partial charge in [-0.1, -0.05) is 0 Å². The summed E-state index contributed by atoms with van der Waals surface area (Å²) in [5, 5.41) is 4.44. The van der Waals surface area contributed by atoms with Gasteiger partial charge in [-0.15, -0.1) is 5.10 Å². The van der Waals surface area contributed by atoms with Crippen molar-refractivity contribution in [1.29, 1.82) is 0 Å². The van der Waals surface area contributed by atoms with Crippen molar-refractivity contribution in [2.45, 2.75) is 6.92 Å². The number of methoxy groups -OCH3 is 1. The Balaban J connectivity index is 2.06. The molecule has 0 spiro atoms. The Morgan fingerprint density at radius 3 is 2.81 bits per heavy atom. The third-order valence-electron chi connectivity index (χ3n) is 3.11. The van der Waals surface area contributed by atoms with E-state index < -0.39 is 0 Å². The molecular formula is C15H16N4O2. The number of fused-ring (bicyclic) bond motifs is 1. The van der Waals surface area contributed by atoms with E-state index in [4.69, 9.17) is 15.2 Å². The van der Waals surface area contributed by atoms with Crippen molar-refractivity contribution in [2.24, 2.45) is 0 Å². The molecule has 6 nitrogen and oxygen atoms in total. The second kappa shape index (κ2) is 5.32. The van der Waals surface area contributed by atoms with Gasteiger partial charge in [0.05, 0.1) is 19.4 Å². The first-order chi connectivity index (χ1) is 10.2. The molecule has 2 N–H and O–H groups in total. The minimum absolute atomic E-state index is 0.570. The van der Waals surface area contributed by atoms with E-state index in [1.807, 2.05) is 43.5 Å². The van der Waals surface area contributed by atoms with Crippen LogP contribution < -0.4 is 15.2 Å². The average Bonchev–Trinajstić information content (AvgIpc) is 2.93. The van der Waals surface area contributed by atoms with Crippen molar-refractivity contribution in [3.8, 4) is 22.9 Å². The first-order valence-corrected chi connectivity index (χ1v) is 6.65. The molecule has 0 fully saturated rings. The molecule has 1 aromatic carbocycles. The molecule has 0 aliphatic heterocycles. The number of aromatic nitrogens is 3. The van der Waals surface area contributed by atoms with Gasteiger partial charge in [0.25, 0.3) is 0 Å². The Labute approximate surface area is 122 Å². The topological polar surface area (TPSA) is 74.7 Å². The maximum atomic E-state index is 5.98. The molecule has 0 saturated carbocycles. The molecular weight excluding hydrogens is 268 g/mol. The number of hydrogen-bond acceptors (Lipinski definition) is 5. The Morgan fingerprint density at radius 1 is 1.24 bits per heavy atom. The van der Waals surface area contributed by atoms with E-state index in [1.165, 1.54) is 0 Å². The monoisotopic (exact) mass is 284 g/mol. The summed E-state index contributed by atoms with van der Waals surface area (Å²) >= 11 is 0. The van der Waals surface area contributed by atoms with Gasteiger partial charge in [0.2, 0.25) is 0 Å². The van der Waals surface area contributed by atoms with Crippen LogP contribution in [0.1, 0.15) is 6.92 Å². The van der Waals surface area contributed by atoms with Crippen LogP contribution in [-0.4, -0.2) is 28.3 Å². The largest absolute Gasteiger partial charge is 0.493 e. The first kappa shape index (κ1) is 13.2. The number of pyridine rings is 1. The number of nitrogens with two attached hydrogens (primary N) is 1. The second-order valence-electron chi connectivity index (χ2n) is 4.47. The fourth-order valence-electron chi connectivity index (χ4n) is 2.14. The summed E-state index contributed by atoms with van der Waals surface area (Å²) in [6.07, 6.45) is 1.83. The minimum Gasteiger partial charge on any atom is -0.493 e. The third kappa shape index (κ3) is 2.35. The van der Waals surface area contributed by atoms with Crippen molar-refractivity contribution < 1.29 is 9.47 Å². The summed E-state index contributed by atoms with van der Waals surface area (Å²) < 4.78 is 12.4. The van der Waals surface area contributed by atoms with Crippen LogP contribution in [0.5, 0.6) is 11.5 Å². The summed E-state index contributed by atoms with van der Waals surface area (Å²) in [6, 6.07) is 9.24. The molecule has 2 heterocycles. The van der Waals surface area contributed by atoms with E-state index in [-0.39, 0.29) is 0 Å². The van der Waals surface area contributed by atoms with Gasteiger partial charge >= 0.3 is 0 Å². The lowest BCUT2D eigenvalue weighted by Gasteiger charge is -2.07. The number of rotatable bonds is 4. The first-order valence-electron chi connectivity index (χ1n) is 6.65. The summed E-state index contributed by atoms with van der Waals surface area (Å²) in [6.45, 7) is 2.50. The zero-order valence-corrected chi connectivity index (χ0v) is 11.9. The normalized spacial score (nSPS) is 10.8. The van der Waals surface area contributed by atoms with Crippen LogP contribution in [-0.2, 0) is 0 Å². The maximum absolute atomic E-state index is 5.98. The molecule has 6 heteroatoms. The van der Waals surface area contributed by atoms with Crippen LogP contribution in [0.4, 0.5) is 5.69 Å². The lowest BCUT2D eigenvalue weighted by Crippen LogP contribution is -1.97. The van der Waals surface area contributed by atoms with Gasteiger partial charge in [-0.25, -0.2) is 9.50 Å². The highest BCUT2D eigenvalue weighted by atomic mass is 16.5. The van der Waals surface area contributed by atoms with E-state index in [0.717, 1.165) is 5.56 Å². The molecule has 0 aliphatic carbocycles. The highest BCUT2D eigenvalue weighted by Gasteiger charge is 2.11. The SMILES string of the molecule is CCOc1ccc(-c2nc3c(OC)cccn3n2)cc1N. The predicted octanol–water partition coefficient (Wildman–Crippen LogP) is 2.39. The van der Waals surface area contributed by atoms with E-state index >= 15 is 0 Å². The van der Waals surface area contributed by atoms with Crippen molar-refractivity contribution in [3.63, 3.8) is 0 Å².